The summed E-state index contributed by atoms with van der Waals surface area (Å²) in [5.74, 6) is 0.145. The molecule has 1 heterocycles. The third kappa shape index (κ3) is 4.21. The Labute approximate surface area is 132 Å². The quantitative estimate of drug-likeness (QED) is 0.767. The van der Waals surface area contributed by atoms with Crippen molar-refractivity contribution in [3.05, 3.63) is 34.3 Å². The van der Waals surface area contributed by atoms with Gasteiger partial charge in [-0.25, -0.2) is 0 Å². The van der Waals surface area contributed by atoms with E-state index in [1.807, 2.05) is 19.1 Å². The highest BCUT2D eigenvalue weighted by atomic mass is 35.5. The van der Waals surface area contributed by atoms with E-state index < -0.39 is 0 Å². The third-order valence-corrected chi connectivity index (χ3v) is 4.43. The summed E-state index contributed by atoms with van der Waals surface area (Å²) in [6.07, 6.45) is 5.43. The highest BCUT2D eigenvalue weighted by Gasteiger charge is 2.27. The number of halogens is 1. The van der Waals surface area contributed by atoms with Crippen LogP contribution in [0.4, 0.5) is 0 Å². The van der Waals surface area contributed by atoms with E-state index in [1.54, 1.807) is 13.2 Å². The van der Waals surface area contributed by atoms with Crippen molar-refractivity contribution < 1.29 is 9.53 Å². The maximum absolute atomic E-state index is 12.8. The summed E-state index contributed by atoms with van der Waals surface area (Å²) in [6, 6.07) is 5.85. The zero-order valence-electron chi connectivity index (χ0n) is 12.9. The van der Waals surface area contributed by atoms with Crippen LogP contribution in [0.15, 0.2) is 18.2 Å². The van der Waals surface area contributed by atoms with Gasteiger partial charge in [0, 0.05) is 36.9 Å². The number of rotatable bonds is 5. The summed E-state index contributed by atoms with van der Waals surface area (Å²) in [5, 5.41) is 0.680. The number of benzene rings is 1. The van der Waals surface area contributed by atoms with Crippen LogP contribution in [-0.2, 0) is 4.74 Å². The molecule has 116 valence electrons. The first-order chi connectivity index (χ1) is 10.1. The van der Waals surface area contributed by atoms with Crippen molar-refractivity contribution in [2.75, 3.05) is 20.3 Å². The highest BCUT2D eigenvalue weighted by Crippen LogP contribution is 2.25. The van der Waals surface area contributed by atoms with Crippen LogP contribution in [0.3, 0.4) is 0 Å². The van der Waals surface area contributed by atoms with Gasteiger partial charge in [0.15, 0.2) is 0 Å². The molecule has 1 amide bonds. The van der Waals surface area contributed by atoms with Crippen molar-refractivity contribution in [1.29, 1.82) is 0 Å². The average molecular weight is 310 g/mol. The summed E-state index contributed by atoms with van der Waals surface area (Å²) < 4.78 is 5.13. The second kappa shape index (κ2) is 7.81. The Morgan fingerprint density at radius 1 is 1.43 bits per heavy atom. The van der Waals surface area contributed by atoms with Crippen molar-refractivity contribution in [2.24, 2.45) is 0 Å². The molecule has 21 heavy (non-hydrogen) atoms. The molecule has 0 bridgehead atoms. The Morgan fingerprint density at radius 3 is 2.95 bits per heavy atom. The number of aryl methyl sites for hydroxylation is 1. The molecule has 0 unspecified atom stereocenters. The third-order valence-electron chi connectivity index (χ3n) is 4.19. The molecule has 0 aliphatic carbocycles. The van der Waals surface area contributed by atoms with Crippen molar-refractivity contribution in [1.82, 2.24) is 4.90 Å². The molecule has 1 saturated heterocycles. The largest absolute Gasteiger partial charge is 0.385 e. The van der Waals surface area contributed by atoms with E-state index >= 15 is 0 Å². The Bertz CT molecular complexity index is 490. The Morgan fingerprint density at radius 2 is 2.24 bits per heavy atom. The molecule has 1 fully saturated rings. The molecule has 0 aromatic heterocycles. The molecule has 3 nitrogen and oxygen atoms in total. The average Bonchev–Trinajstić information content (AvgIpc) is 2.47. The molecule has 0 radical (unpaired) electrons. The summed E-state index contributed by atoms with van der Waals surface area (Å²) >= 11 is 5.98. The molecule has 1 atom stereocenters. The second-order valence-corrected chi connectivity index (χ2v) is 6.18. The minimum absolute atomic E-state index is 0.145. The van der Waals surface area contributed by atoms with Gasteiger partial charge in [-0.15, -0.1) is 0 Å². The predicted octanol–water partition coefficient (Wildman–Crippen LogP) is 4.07. The maximum Gasteiger partial charge on any atom is 0.254 e. The summed E-state index contributed by atoms with van der Waals surface area (Å²) in [6.45, 7) is 3.57. The number of hydrogen-bond donors (Lipinski definition) is 0. The topological polar surface area (TPSA) is 29.5 Å². The van der Waals surface area contributed by atoms with Crippen LogP contribution in [0.25, 0.3) is 0 Å². The lowest BCUT2D eigenvalue weighted by Crippen LogP contribution is -2.44. The lowest BCUT2D eigenvalue weighted by atomic mass is 9.96. The fraction of sp³-hybridized carbons (Fsp3) is 0.588. The minimum Gasteiger partial charge on any atom is -0.385 e. The van der Waals surface area contributed by atoms with Crippen molar-refractivity contribution in [2.45, 2.75) is 45.1 Å². The van der Waals surface area contributed by atoms with E-state index in [0.29, 0.717) is 11.1 Å². The van der Waals surface area contributed by atoms with E-state index in [0.717, 1.165) is 50.0 Å². The molecule has 0 spiro atoms. The number of carbonyl (C=O) groups excluding carboxylic acids is 1. The van der Waals surface area contributed by atoms with Gasteiger partial charge in [0.2, 0.25) is 0 Å². The van der Waals surface area contributed by atoms with Gasteiger partial charge in [-0.3, -0.25) is 4.79 Å². The number of amides is 1. The minimum atomic E-state index is 0.145. The van der Waals surface area contributed by atoms with Crippen LogP contribution in [0, 0.1) is 6.92 Å². The van der Waals surface area contributed by atoms with E-state index in [-0.39, 0.29) is 5.91 Å². The van der Waals surface area contributed by atoms with Gasteiger partial charge in [-0.2, -0.15) is 0 Å². The van der Waals surface area contributed by atoms with E-state index in [4.69, 9.17) is 16.3 Å². The van der Waals surface area contributed by atoms with Gasteiger partial charge >= 0.3 is 0 Å². The SMILES string of the molecule is COCCC[C@@H]1CCCCN1C(=O)c1ccc(Cl)cc1C. The normalized spacial score (nSPS) is 18.8. The van der Waals surface area contributed by atoms with Crippen LogP contribution in [0.5, 0.6) is 0 Å². The fourth-order valence-electron chi connectivity index (χ4n) is 3.05. The van der Waals surface area contributed by atoms with Crippen molar-refractivity contribution >= 4 is 17.5 Å². The molecule has 2 rings (SSSR count). The number of hydrogen-bond acceptors (Lipinski definition) is 2. The summed E-state index contributed by atoms with van der Waals surface area (Å²) in [4.78, 5) is 14.9. The Kier molecular flexibility index (Phi) is 6.07. The van der Waals surface area contributed by atoms with Gasteiger partial charge in [-0.05, 0) is 62.8 Å². The monoisotopic (exact) mass is 309 g/mol. The zero-order chi connectivity index (χ0) is 15.2. The number of likely N-dealkylation sites (tertiary alicyclic amines) is 1. The lowest BCUT2D eigenvalue weighted by molar-refractivity contribution is 0.0584. The van der Waals surface area contributed by atoms with Crippen LogP contribution < -0.4 is 0 Å². The lowest BCUT2D eigenvalue weighted by Gasteiger charge is -2.36. The summed E-state index contributed by atoms with van der Waals surface area (Å²) in [7, 11) is 1.72. The molecule has 1 aliphatic rings. The number of ether oxygens (including phenoxy) is 1. The van der Waals surface area contributed by atoms with Gasteiger partial charge in [0.05, 0.1) is 0 Å². The summed E-state index contributed by atoms with van der Waals surface area (Å²) in [5.41, 5.74) is 1.73. The van der Waals surface area contributed by atoms with Gasteiger partial charge in [0.25, 0.3) is 5.91 Å². The number of carbonyl (C=O) groups is 1. The van der Waals surface area contributed by atoms with Crippen molar-refractivity contribution in [3.8, 4) is 0 Å². The van der Waals surface area contributed by atoms with Crippen LogP contribution in [0.1, 0.15) is 48.0 Å². The molecule has 1 aliphatic heterocycles. The molecule has 1 aromatic carbocycles. The first-order valence-corrected chi connectivity index (χ1v) is 8.07. The highest BCUT2D eigenvalue weighted by molar-refractivity contribution is 6.30. The maximum atomic E-state index is 12.8. The number of methoxy groups -OCH3 is 1. The van der Waals surface area contributed by atoms with Gasteiger partial charge in [-0.1, -0.05) is 11.6 Å². The molecule has 4 heteroatoms. The number of piperidine rings is 1. The van der Waals surface area contributed by atoms with E-state index in [1.165, 1.54) is 6.42 Å². The first-order valence-electron chi connectivity index (χ1n) is 7.69. The van der Waals surface area contributed by atoms with Gasteiger partial charge in [0.1, 0.15) is 0 Å². The predicted molar refractivity (Wildman–Crippen MR) is 86.0 cm³/mol. The van der Waals surface area contributed by atoms with Crippen LogP contribution >= 0.6 is 11.6 Å². The Hall–Kier alpha value is -1.06. The smallest absolute Gasteiger partial charge is 0.254 e. The molecule has 0 saturated carbocycles. The fourth-order valence-corrected chi connectivity index (χ4v) is 3.28. The van der Waals surface area contributed by atoms with Crippen LogP contribution in [0.2, 0.25) is 5.02 Å². The van der Waals surface area contributed by atoms with E-state index in [2.05, 4.69) is 4.90 Å². The van der Waals surface area contributed by atoms with Gasteiger partial charge < -0.3 is 9.64 Å². The molecule has 0 N–H and O–H groups in total. The number of nitrogens with zero attached hydrogens (tertiary/aromatic N) is 1. The Balaban J connectivity index is 2.10. The van der Waals surface area contributed by atoms with E-state index in [9.17, 15) is 4.79 Å². The zero-order valence-corrected chi connectivity index (χ0v) is 13.7. The molecular weight excluding hydrogens is 286 g/mol. The first kappa shape index (κ1) is 16.3. The molecule has 1 aromatic rings. The standard InChI is InChI=1S/C17H24ClNO2/c1-13-12-14(18)8-9-16(13)17(20)19-10-4-3-6-15(19)7-5-11-21-2/h8-9,12,15H,3-7,10-11H2,1-2H3/t15-/m0/s1. The van der Waals surface area contributed by atoms with Crippen LogP contribution in [-0.4, -0.2) is 37.1 Å². The second-order valence-electron chi connectivity index (χ2n) is 5.74. The van der Waals surface area contributed by atoms with Crippen molar-refractivity contribution in [3.63, 3.8) is 0 Å². The molecular formula is C17H24ClNO2.